The van der Waals surface area contributed by atoms with Crippen molar-refractivity contribution in [3.8, 4) is 0 Å². The molecule has 116 valence electrons. The highest BCUT2D eigenvalue weighted by Crippen LogP contribution is 2.26. The molecule has 0 saturated heterocycles. The van der Waals surface area contributed by atoms with E-state index in [1.54, 1.807) is 6.07 Å². The average Bonchev–Trinajstić information content (AvgIpc) is 2.37. The van der Waals surface area contributed by atoms with Crippen LogP contribution in [0.5, 0.6) is 0 Å². The number of carboxylic acids is 1. The van der Waals surface area contributed by atoms with Crippen LogP contribution in [-0.4, -0.2) is 41.1 Å². The first-order chi connectivity index (χ1) is 9.99. The Kier molecular flexibility index (Phi) is 5.31. The Hall–Kier alpha value is -1.46. The minimum atomic E-state index is -0.768. The Bertz CT molecular complexity index is 501. The van der Waals surface area contributed by atoms with Crippen LogP contribution in [0, 0.1) is 12.7 Å². The van der Waals surface area contributed by atoms with E-state index >= 15 is 0 Å². The molecule has 0 aromatic heterocycles. The zero-order chi connectivity index (χ0) is 15.4. The molecule has 1 fully saturated rings. The molecule has 1 aromatic rings. The molecule has 0 amide bonds. The predicted octanol–water partition coefficient (Wildman–Crippen LogP) is 2.16. The third-order valence-electron chi connectivity index (χ3n) is 4.26. The van der Waals surface area contributed by atoms with Gasteiger partial charge in [0.15, 0.2) is 0 Å². The molecule has 0 heterocycles. The highest BCUT2D eigenvalue weighted by molar-refractivity contribution is 5.69. The van der Waals surface area contributed by atoms with Crippen molar-refractivity contribution in [3.05, 3.63) is 35.1 Å². The number of aliphatic carboxylic acids is 1. The number of hydrogen-bond acceptors (Lipinski definition) is 3. The second kappa shape index (κ2) is 7.00. The van der Waals surface area contributed by atoms with Gasteiger partial charge in [-0.15, -0.1) is 0 Å². The summed E-state index contributed by atoms with van der Waals surface area (Å²) in [5.41, 5.74) is 2.07. The minimum Gasteiger partial charge on any atom is -0.480 e. The van der Waals surface area contributed by atoms with Gasteiger partial charge in [-0.25, -0.2) is 4.39 Å². The molecule has 4 nitrogen and oxygen atoms in total. The average molecular weight is 294 g/mol. The van der Waals surface area contributed by atoms with Gasteiger partial charge in [0.25, 0.3) is 0 Å². The second-order valence-corrected chi connectivity index (χ2v) is 5.73. The van der Waals surface area contributed by atoms with Crippen molar-refractivity contribution in [1.82, 2.24) is 10.2 Å². The standard InChI is InChI=1S/C16H23FN2O2/c1-3-19(10-16(20)21)15-7-14(8-15)18-9-12-4-5-13(17)6-11(12)2/h4-6,14-15,18H,3,7-10H2,1-2H3,(H,20,21). The van der Waals surface area contributed by atoms with Crippen LogP contribution < -0.4 is 5.32 Å². The number of nitrogens with zero attached hydrogens (tertiary/aromatic N) is 1. The molecule has 0 spiro atoms. The summed E-state index contributed by atoms with van der Waals surface area (Å²) in [7, 11) is 0. The molecule has 21 heavy (non-hydrogen) atoms. The van der Waals surface area contributed by atoms with Crippen molar-refractivity contribution < 1.29 is 14.3 Å². The van der Waals surface area contributed by atoms with E-state index in [-0.39, 0.29) is 12.4 Å². The molecule has 0 unspecified atom stereocenters. The lowest BCUT2D eigenvalue weighted by Crippen LogP contribution is -2.53. The lowest BCUT2D eigenvalue weighted by molar-refractivity contribution is -0.139. The Morgan fingerprint density at radius 3 is 2.76 bits per heavy atom. The fourth-order valence-corrected chi connectivity index (χ4v) is 2.84. The van der Waals surface area contributed by atoms with Gasteiger partial charge >= 0.3 is 5.97 Å². The summed E-state index contributed by atoms with van der Waals surface area (Å²) < 4.78 is 13.0. The monoisotopic (exact) mass is 294 g/mol. The summed E-state index contributed by atoms with van der Waals surface area (Å²) in [6.45, 7) is 5.52. The number of rotatable bonds is 7. The molecular weight excluding hydrogens is 271 g/mol. The number of carboxylic acid groups (broad SMARTS) is 1. The van der Waals surface area contributed by atoms with E-state index in [0.29, 0.717) is 12.1 Å². The molecule has 1 aliphatic carbocycles. The normalized spacial score (nSPS) is 21.3. The van der Waals surface area contributed by atoms with Crippen molar-refractivity contribution >= 4 is 5.97 Å². The molecule has 1 aromatic carbocycles. The molecule has 0 radical (unpaired) electrons. The summed E-state index contributed by atoms with van der Waals surface area (Å²) in [5.74, 6) is -0.970. The molecule has 1 aliphatic rings. The van der Waals surface area contributed by atoms with Crippen LogP contribution in [0.1, 0.15) is 30.9 Å². The number of hydrogen-bond donors (Lipinski definition) is 2. The van der Waals surface area contributed by atoms with Gasteiger partial charge in [0.2, 0.25) is 0 Å². The summed E-state index contributed by atoms with van der Waals surface area (Å²) in [4.78, 5) is 12.8. The number of likely N-dealkylation sites (N-methyl/N-ethyl adjacent to an activating group) is 1. The Morgan fingerprint density at radius 2 is 2.19 bits per heavy atom. The Labute approximate surface area is 125 Å². The zero-order valence-corrected chi connectivity index (χ0v) is 12.6. The first-order valence-corrected chi connectivity index (χ1v) is 7.43. The Morgan fingerprint density at radius 1 is 1.48 bits per heavy atom. The van der Waals surface area contributed by atoms with Crippen LogP contribution >= 0.6 is 0 Å². The van der Waals surface area contributed by atoms with Gasteiger partial charge in [-0.3, -0.25) is 9.69 Å². The summed E-state index contributed by atoms with van der Waals surface area (Å²) in [5, 5.41) is 12.3. The van der Waals surface area contributed by atoms with Crippen LogP contribution in [0.15, 0.2) is 18.2 Å². The minimum absolute atomic E-state index is 0.116. The second-order valence-electron chi connectivity index (χ2n) is 5.73. The van der Waals surface area contributed by atoms with E-state index in [1.807, 2.05) is 24.8 Å². The maximum atomic E-state index is 13.0. The number of aryl methyl sites for hydroxylation is 1. The maximum Gasteiger partial charge on any atom is 0.317 e. The third-order valence-corrected chi connectivity index (χ3v) is 4.26. The molecule has 1 saturated carbocycles. The SMILES string of the molecule is CCN(CC(=O)O)C1CC(NCc2ccc(F)cc2C)C1. The number of nitrogens with one attached hydrogen (secondary N) is 1. The largest absolute Gasteiger partial charge is 0.480 e. The van der Waals surface area contributed by atoms with Gasteiger partial charge in [-0.2, -0.15) is 0 Å². The number of carbonyl (C=O) groups is 1. The highest BCUT2D eigenvalue weighted by Gasteiger charge is 2.33. The van der Waals surface area contributed by atoms with Crippen LogP contribution in [0.4, 0.5) is 4.39 Å². The van der Waals surface area contributed by atoms with Gasteiger partial charge in [-0.05, 0) is 49.6 Å². The first kappa shape index (κ1) is 15.9. The van der Waals surface area contributed by atoms with Crippen molar-refractivity contribution in [2.24, 2.45) is 0 Å². The zero-order valence-electron chi connectivity index (χ0n) is 12.6. The summed E-state index contributed by atoms with van der Waals surface area (Å²) in [6.07, 6.45) is 1.95. The molecular formula is C16H23FN2O2. The first-order valence-electron chi connectivity index (χ1n) is 7.43. The summed E-state index contributed by atoms with van der Waals surface area (Å²) >= 11 is 0. The fraction of sp³-hybridized carbons (Fsp3) is 0.562. The Balaban J connectivity index is 1.76. The van der Waals surface area contributed by atoms with Crippen LogP contribution in [-0.2, 0) is 11.3 Å². The maximum absolute atomic E-state index is 13.0. The lowest BCUT2D eigenvalue weighted by atomic mass is 9.85. The van der Waals surface area contributed by atoms with Gasteiger partial charge < -0.3 is 10.4 Å². The van der Waals surface area contributed by atoms with E-state index < -0.39 is 5.97 Å². The quantitative estimate of drug-likeness (QED) is 0.809. The highest BCUT2D eigenvalue weighted by atomic mass is 19.1. The lowest BCUT2D eigenvalue weighted by Gasteiger charge is -2.42. The fourth-order valence-electron chi connectivity index (χ4n) is 2.84. The van der Waals surface area contributed by atoms with Crippen molar-refractivity contribution in [3.63, 3.8) is 0 Å². The van der Waals surface area contributed by atoms with E-state index in [9.17, 15) is 9.18 Å². The van der Waals surface area contributed by atoms with Crippen molar-refractivity contribution in [2.75, 3.05) is 13.1 Å². The van der Waals surface area contributed by atoms with Gasteiger partial charge in [0.05, 0.1) is 6.54 Å². The number of halogens is 1. The number of benzene rings is 1. The van der Waals surface area contributed by atoms with E-state index in [0.717, 1.165) is 37.1 Å². The molecule has 2 rings (SSSR count). The molecule has 0 bridgehead atoms. The molecule has 5 heteroatoms. The van der Waals surface area contributed by atoms with Gasteiger partial charge in [0, 0.05) is 18.6 Å². The third kappa shape index (κ3) is 4.25. The van der Waals surface area contributed by atoms with Gasteiger partial charge in [-0.1, -0.05) is 13.0 Å². The summed E-state index contributed by atoms with van der Waals surface area (Å²) in [6, 6.07) is 5.63. The predicted molar refractivity (Wildman–Crippen MR) is 79.7 cm³/mol. The van der Waals surface area contributed by atoms with Crippen LogP contribution in [0.3, 0.4) is 0 Å². The van der Waals surface area contributed by atoms with E-state index in [4.69, 9.17) is 5.11 Å². The molecule has 0 atom stereocenters. The van der Waals surface area contributed by atoms with Crippen LogP contribution in [0.25, 0.3) is 0 Å². The van der Waals surface area contributed by atoms with Gasteiger partial charge in [0.1, 0.15) is 5.82 Å². The molecule has 0 aliphatic heterocycles. The van der Waals surface area contributed by atoms with E-state index in [1.165, 1.54) is 6.07 Å². The smallest absolute Gasteiger partial charge is 0.317 e. The van der Waals surface area contributed by atoms with Crippen LogP contribution in [0.2, 0.25) is 0 Å². The van der Waals surface area contributed by atoms with E-state index in [2.05, 4.69) is 5.32 Å². The molecule has 2 N–H and O–H groups in total. The topological polar surface area (TPSA) is 52.6 Å². The van der Waals surface area contributed by atoms with Crippen molar-refractivity contribution in [1.29, 1.82) is 0 Å². The van der Waals surface area contributed by atoms with Crippen molar-refractivity contribution in [2.45, 2.75) is 45.3 Å².